The molecule has 0 unspecified atom stereocenters. The van der Waals surface area contributed by atoms with Crippen LogP contribution in [0.2, 0.25) is 0 Å². The van der Waals surface area contributed by atoms with E-state index in [1.54, 1.807) is 12.4 Å². The van der Waals surface area contributed by atoms with Gasteiger partial charge in [-0.05, 0) is 35.0 Å². The Morgan fingerprint density at radius 1 is 1.33 bits per heavy atom. The van der Waals surface area contributed by atoms with E-state index in [2.05, 4.69) is 31.2 Å². The Labute approximate surface area is 95.9 Å². The minimum atomic E-state index is 0.590. The molecule has 4 nitrogen and oxygen atoms in total. The maximum atomic E-state index is 5.40. The number of aryl methyl sites for hydroxylation is 1. The van der Waals surface area contributed by atoms with Crippen LogP contribution in [0.1, 0.15) is 11.5 Å². The summed E-state index contributed by atoms with van der Waals surface area (Å²) in [6.07, 6.45) is 3.39. The number of hydrogen-bond acceptors (Lipinski definition) is 4. The molecule has 0 spiro atoms. The van der Waals surface area contributed by atoms with E-state index < -0.39 is 0 Å². The predicted octanol–water partition coefficient (Wildman–Crippen LogP) is 2.75. The molecule has 0 aliphatic carbocycles. The second kappa shape index (κ2) is 4.44. The van der Waals surface area contributed by atoms with E-state index >= 15 is 0 Å². The average molecular weight is 268 g/mol. The Kier molecular flexibility index (Phi) is 3.01. The van der Waals surface area contributed by atoms with Gasteiger partial charge in [0.05, 0.1) is 11.0 Å². The lowest BCUT2D eigenvalue weighted by molar-refractivity contribution is 0.490. The van der Waals surface area contributed by atoms with E-state index in [9.17, 15) is 0 Å². The van der Waals surface area contributed by atoms with E-state index in [0.717, 1.165) is 16.0 Å². The number of furan rings is 1. The van der Waals surface area contributed by atoms with Gasteiger partial charge in [-0.2, -0.15) is 0 Å². The number of aromatic nitrogens is 2. The summed E-state index contributed by atoms with van der Waals surface area (Å²) in [7, 11) is 0. The highest BCUT2D eigenvalue weighted by atomic mass is 79.9. The van der Waals surface area contributed by atoms with Gasteiger partial charge in [-0.25, -0.2) is 9.97 Å². The first kappa shape index (κ1) is 10.2. The summed E-state index contributed by atoms with van der Waals surface area (Å²) in [5.74, 6) is 2.37. The van der Waals surface area contributed by atoms with Gasteiger partial charge in [0.15, 0.2) is 0 Å². The Hall–Kier alpha value is -1.36. The molecule has 2 aromatic heterocycles. The highest BCUT2D eigenvalue weighted by Crippen LogP contribution is 2.10. The highest BCUT2D eigenvalue weighted by molar-refractivity contribution is 9.10. The number of halogens is 1. The molecule has 5 heteroatoms. The Balaban J connectivity index is 1.96. The fourth-order valence-electron chi connectivity index (χ4n) is 1.15. The van der Waals surface area contributed by atoms with Crippen LogP contribution in [0, 0.1) is 6.92 Å². The van der Waals surface area contributed by atoms with Crippen LogP contribution in [-0.2, 0) is 6.54 Å². The molecule has 0 fully saturated rings. The molecular formula is C10H10BrN3O. The Morgan fingerprint density at radius 2 is 2.07 bits per heavy atom. The first-order valence-corrected chi connectivity index (χ1v) is 5.30. The molecule has 0 atom stereocenters. The molecule has 0 aliphatic rings. The van der Waals surface area contributed by atoms with Crippen LogP contribution in [0.5, 0.6) is 0 Å². The zero-order valence-electron chi connectivity index (χ0n) is 8.20. The highest BCUT2D eigenvalue weighted by Gasteiger charge is 1.99. The van der Waals surface area contributed by atoms with Crippen molar-refractivity contribution in [2.75, 3.05) is 5.32 Å². The summed E-state index contributed by atoms with van der Waals surface area (Å²) >= 11 is 3.27. The number of nitrogens with one attached hydrogen (secondary N) is 1. The summed E-state index contributed by atoms with van der Waals surface area (Å²) in [4.78, 5) is 8.18. The van der Waals surface area contributed by atoms with Crippen molar-refractivity contribution in [2.45, 2.75) is 13.5 Å². The number of nitrogens with zero attached hydrogens (tertiary/aromatic N) is 2. The maximum Gasteiger partial charge on any atom is 0.223 e. The normalized spacial score (nSPS) is 10.3. The van der Waals surface area contributed by atoms with E-state index in [1.165, 1.54) is 0 Å². The van der Waals surface area contributed by atoms with Crippen LogP contribution < -0.4 is 5.32 Å². The molecule has 1 N–H and O–H groups in total. The van der Waals surface area contributed by atoms with Crippen LogP contribution in [0.3, 0.4) is 0 Å². The van der Waals surface area contributed by atoms with Crippen LogP contribution in [0.25, 0.3) is 0 Å². The van der Waals surface area contributed by atoms with Gasteiger partial charge < -0.3 is 9.73 Å². The summed E-state index contributed by atoms with van der Waals surface area (Å²) in [6.45, 7) is 2.51. The van der Waals surface area contributed by atoms with Gasteiger partial charge in [-0.3, -0.25) is 0 Å². The molecular weight excluding hydrogens is 258 g/mol. The van der Waals surface area contributed by atoms with Gasteiger partial charge in [0, 0.05) is 12.4 Å². The minimum Gasteiger partial charge on any atom is -0.465 e. The van der Waals surface area contributed by atoms with Gasteiger partial charge in [-0.15, -0.1) is 0 Å². The van der Waals surface area contributed by atoms with Gasteiger partial charge in [0.25, 0.3) is 0 Å². The van der Waals surface area contributed by atoms with E-state index in [0.29, 0.717) is 12.5 Å². The summed E-state index contributed by atoms with van der Waals surface area (Å²) in [5.41, 5.74) is 0. The van der Waals surface area contributed by atoms with Crippen molar-refractivity contribution in [3.05, 3.63) is 40.5 Å². The second-order valence-corrected chi connectivity index (χ2v) is 4.01. The SMILES string of the molecule is Cc1ccc(CNc2ncc(Br)cn2)o1. The summed E-state index contributed by atoms with van der Waals surface area (Å²) < 4.78 is 6.26. The number of rotatable bonds is 3. The van der Waals surface area contributed by atoms with Crippen LogP contribution in [0.4, 0.5) is 5.95 Å². The molecule has 0 saturated carbocycles. The number of hydrogen-bond donors (Lipinski definition) is 1. The summed E-state index contributed by atoms with van der Waals surface area (Å²) in [6, 6.07) is 3.86. The van der Waals surface area contributed by atoms with Crippen molar-refractivity contribution in [1.82, 2.24) is 9.97 Å². The third-order valence-corrected chi connectivity index (χ3v) is 2.25. The average Bonchev–Trinajstić information content (AvgIpc) is 2.64. The fourth-order valence-corrected chi connectivity index (χ4v) is 1.35. The lowest BCUT2D eigenvalue weighted by Gasteiger charge is -2.01. The van der Waals surface area contributed by atoms with Gasteiger partial charge >= 0.3 is 0 Å². The van der Waals surface area contributed by atoms with E-state index in [-0.39, 0.29) is 0 Å². The van der Waals surface area contributed by atoms with Gasteiger partial charge in [0.2, 0.25) is 5.95 Å². The second-order valence-electron chi connectivity index (χ2n) is 3.09. The van der Waals surface area contributed by atoms with Crippen LogP contribution in [-0.4, -0.2) is 9.97 Å². The molecule has 15 heavy (non-hydrogen) atoms. The van der Waals surface area contributed by atoms with Crippen molar-refractivity contribution in [2.24, 2.45) is 0 Å². The van der Waals surface area contributed by atoms with Crippen LogP contribution in [0.15, 0.2) is 33.4 Å². The predicted molar refractivity (Wildman–Crippen MR) is 60.5 cm³/mol. The largest absolute Gasteiger partial charge is 0.465 e. The molecule has 0 radical (unpaired) electrons. The van der Waals surface area contributed by atoms with Crippen molar-refractivity contribution >= 4 is 21.9 Å². The molecule has 2 aromatic rings. The summed E-state index contributed by atoms with van der Waals surface area (Å²) in [5, 5.41) is 3.06. The third-order valence-electron chi connectivity index (χ3n) is 1.84. The first-order valence-electron chi connectivity index (χ1n) is 4.51. The molecule has 0 aliphatic heterocycles. The maximum absolute atomic E-state index is 5.40. The monoisotopic (exact) mass is 267 g/mol. The zero-order chi connectivity index (χ0) is 10.7. The van der Waals surface area contributed by atoms with Crippen LogP contribution >= 0.6 is 15.9 Å². The van der Waals surface area contributed by atoms with Crippen molar-refractivity contribution in [3.63, 3.8) is 0 Å². The van der Waals surface area contributed by atoms with Gasteiger partial charge in [0.1, 0.15) is 11.5 Å². The standard InChI is InChI=1S/C10H10BrN3O/c1-7-2-3-9(15-7)6-14-10-12-4-8(11)5-13-10/h2-5H,6H2,1H3,(H,12,13,14). The first-order chi connectivity index (χ1) is 7.24. The molecule has 2 heterocycles. The lowest BCUT2D eigenvalue weighted by Crippen LogP contribution is -2.01. The third kappa shape index (κ3) is 2.79. The smallest absolute Gasteiger partial charge is 0.223 e. The topological polar surface area (TPSA) is 51.0 Å². The molecule has 78 valence electrons. The molecule has 0 amide bonds. The fraction of sp³-hybridized carbons (Fsp3) is 0.200. The Morgan fingerprint density at radius 3 is 2.67 bits per heavy atom. The molecule has 2 rings (SSSR count). The van der Waals surface area contributed by atoms with Gasteiger partial charge in [-0.1, -0.05) is 0 Å². The minimum absolute atomic E-state index is 0.590. The van der Waals surface area contributed by atoms with Crippen molar-refractivity contribution in [1.29, 1.82) is 0 Å². The van der Waals surface area contributed by atoms with Crippen molar-refractivity contribution in [3.8, 4) is 0 Å². The van der Waals surface area contributed by atoms with E-state index in [4.69, 9.17) is 4.42 Å². The molecule has 0 aromatic carbocycles. The lowest BCUT2D eigenvalue weighted by atomic mass is 10.4. The quantitative estimate of drug-likeness (QED) is 0.929. The van der Waals surface area contributed by atoms with E-state index in [1.807, 2.05) is 19.1 Å². The molecule has 0 saturated heterocycles. The Bertz CT molecular complexity index is 438. The zero-order valence-corrected chi connectivity index (χ0v) is 9.78. The number of anilines is 1. The molecule has 0 bridgehead atoms. The van der Waals surface area contributed by atoms with Crippen molar-refractivity contribution < 1.29 is 4.42 Å².